The first-order valence-electron chi connectivity index (χ1n) is 6.44. The normalized spacial score (nSPS) is 10.9. The molecule has 0 aliphatic rings. The molecule has 22 heavy (non-hydrogen) atoms. The Bertz CT molecular complexity index is 799. The second kappa shape index (κ2) is 6.66. The molecule has 1 aromatic carbocycles. The van der Waals surface area contributed by atoms with E-state index in [1.807, 2.05) is 5.38 Å². The molecule has 0 saturated heterocycles. The molecular weight excluding hydrogens is 374 g/mol. The van der Waals surface area contributed by atoms with Crippen molar-refractivity contribution in [1.82, 2.24) is 4.57 Å². The maximum absolute atomic E-state index is 13.2. The van der Waals surface area contributed by atoms with Gasteiger partial charge in [0.05, 0.1) is 4.88 Å². The quantitative estimate of drug-likeness (QED) is 0.475. The topological polar surface area (TPSA) is 25.9 Å². The van der Waals surface area contributed by atoms with Gasteiger partial charge in [-0.3, -0.25) is 4.79 Å². The number of hydrogen-bond donors (Lipinski definition) is 0. The van der Waals surface area contributed by atoms with Crippen LogP contribution < -0.4 is 21.5 Å². The lowest BCUT2D eigenvalue weighted by molar-refractivity contribution is -0.664. The number of para-hydroxylation sites is 2. The fourth-order valence-corrected chi connectivity index (χ4v) is 3.14. The third kappa shape index (κ3) is 2.83. The molecule has 0 fully saturated rings. The minimum Gasteiger partial charge on any atom is -1.00 e. The van der Waals surface area contributed by atoms with Crippen LogP contribution in [0.15, 0.2) is 41.8 Å². The Morgan fingerprint density at radius 3 is 2.64 bits per heavy atom. The van der Waals surface area contributed by atoms with Crippen LogP contribution in [0, 0.1) is 6.92 Å². The van der Waals surface area contributed by atoms with Crippen molar-refractivity contribution in [3.8, 4) is 0 Å². The van der Waals surface area contributed by atoms with E-state index >= 15 is 0 Å². The molecule has 0 atom stereocenters. The fourth-order valence-electron chi connectivity index (χ4n) is 2.48. The van der Waals surface area contributed by atoms with E-state index in [1.54, 1.807) is 47.9 Å². The van der Waals surface area contributed by atoms with Crippen molar-refractivity contribution < 1.29 is 35.1 Å². The fraction of sp³-hybridized carbons (Fsp3) is 0.200. The van der Waals surface area contributed by atoms with Crippen LogP contribution in [0.5, 0.6) is 0 Å². The molecule has 7 heteroatoms. The minimum absolute atomic E-state index is 0. The van der Waals surface area contributed by atoms with E-state index in [1.165, 1.54) is 11.3 Å². The standard InChI is InChI=1S/C15H13F2N2OS.BrH/c1-10-18(9-13(20)14-7-4-8-21-14)11-5-2-3-6-12(11)19(10)15(16)17;/h2-8,15H,9H2,1H3;1H/q+1;/p-1. The van der Waals surface area contributed by atoms with Crippen molar-refractivity contribution in [1.29, 1.82) is 0 Å². The van der Waals surface area contributed by atoms with E-state index in [2.05, 4.69) is 0 Å². The first-order valence-corrected chi connectivity index (χ1v) is 7.32. The van der Waals surface area contributed by atoms with E-state index < -0.39 is 6.55 Å². The Morgan fingerprint density at radius 1 is 1.27 bits per heavy atom. The van der Waals surface area contributed by atoms with Crippen LogP contribution in [0.25, 0.3) is 11.0 Å². The molecule has 0 aliphatic heterocycles. The summed E-state index contributed by atoms with van der Waals surface area (Å²) in [4.78, 5) is 12.9. The Morgan fingerprint density at radius 2 is 2.00 bits per heavy atom. The van der Waals surface area contributed by atoms with Crippen LogP contribution >= 0.6 is 11.3 Å². The van der Waals surface area contributed by atoms with Gasteiger partial charge in [0.1, 0.15) is 0 Å². The van der Waals surface area contributed by atoms with Gasteiger partial charge in [-0.15, -0.1) is 11.3 Å². The van der Waals surface area contributed by atoms with Gasteiger partial charge < -0.3 is 17.0 Å². The minimum atomic E-state index is -2.63. The van der Waals surface area contributed by atoms with E-state index in [0.29, 0.717) is 21.7 Å². The number of fused-ring (bicyclic) bond motifs is 1. The monoisotopic (exact) mass is 386 g/mol. The van der Waals surface area contributed by atoms with Crippen molar-refractivity contribution >= 4 is 28.2 Å². The second-order valence-corrected chi connectivity index (χ2v) is 5.62. The number of alkyl halides is 2. The molecule has 0 radical (unpaired) electrons. The average Bonchev–Trinajstić information content (AvgIpc) is 3.06. The van der Waals surface area contributed by atoms with Crippen molar-refractivity contribution in [2.75, 3.05) is 0 Å². The number of Topliss-reactive ketones (excluding diaryl/α,β-unsaturated/α-hetero) is 1. The number of carbonyl (C=O) groups is 1. The number of benzene rings is 1. The number of aromatic nitrogens is 2. The third-order valence-corrected chi connectivity index (χ3v) is 4.38. The summed E-state index contributed by atoms with van der Waals surface area (Å²) >= 11 is 1.36. The van der Waals surface area contributed by atoms with Crippen molar-refractivity contribution in [3.63, 3.8) is 0 Å². The highest BCUT2D eigenvalue weighted by atomic mass is 79.9. The smallest absolute Gasteiger partial charge is 0.387 e. The molecule has 0 aliphatic carbocycles. The first kappa shape index (κ1) is 16.8. The Labute approximate surface area is 140 Å². The molecular formula is C15H13BrF2N2OS. The Kier molecular flexibility index (Phi) is 5.08. The summed E-state index contributed by atoms with van der Waals surface area (Å²) in [5.41, 5.74) is 1.07. The zero-order chi connectivity index (χ0) is 15.0. The van der Waals surface area contributed by atoms with Crippen LogP contribution in [0.2, 0.25) is 0 Å². The second-order valence-electron chi connectivity index (χ2n) is 4.67. The summed E-state index contributed by atoms with van der Waals surface area (Å²) in [6, 6.07) is 10.4. The molecule has 3 aromatic rings. The molecule has 0 bridgehead atoms. The van der Waals surface area contributed by atoms with Gasteiger partial charge in [0.15, 0.2) is 17.6 Å². The maximum atomic E-state index is 13.2. The molecule has 0 unspecified atom stereocenters. The van der Waals surface area contributed by atoms with Crippen LogP contribution in [0.4, 0.5) is 8.78 Å². The summed E-state index contributed by atoms with van der Waals surface area (Å²) in [7, 11) is 0. The van der Waals surface area contributed by atoms with Crippen LogP contribution in [-0.2, 0) is 6.54 Å². The lowest BCUT2D eigenvalue weighted by Crippen LogP contribution is -3.00. The molecule has 3 rings (SSSR count). The van der Waals surface area contributed by atoms with E-state index in [0.717, 1.165) is 4.57 Å². The number of ketones is 1. The largest absolute Gasteiger partial charge is 1.00 e. The molecule has 0 saturated carbocycles. The maximum Gasteiger partial charge on any atom is 0.387 e. The summed E-state index contributed by atoms with van der Waals surface area (Å²) in [5.74, 6) is 0.298. The molecule has 3 nitrogen and oxygen atoms in total. The van der Waals surface area contributed by atoms with Gasteiger partial charge in [0.2, 0.25) is 5.78 Å². The highest BCUT2D eigenvalue weighted by molar-refractivity contribution is 7.12. The number of halogens is 3. The highest BCUT2D eigenvalue weighted by Gasteiger charge is 2.28. The van der Waals surface area contributed by atoms with Crippen molar-refractivity contribution in [2.45, 2.75) is 20.0 Å². The van der Waals surface area contributed by atoms with Gasteiger partial charge >= 0.3 is 6.55 Å². The lowest BCUT2D eigenvalue weighted by atomic mass is 10.3. The Balaban J connectivity index is 0.00000176. The van der Waals surface area contributed by atoms with Gasteiger partial charge in [-0.05, 0) is 23.6 Å². The number of imidazole rings is 1. The van der Waals surface area contributed by atoms with Gasteiger partial charge in [0.25, 0.3) is 5.82 Å². The number of rotatable bonds is 4. The molecule has 0 spiro atoms. The molecule has 2 heterocycles. The van der Waals surface area contributed by atoms with Crippen molar-refractivity contribution in [2.24, 2.45) is 0 Å². The van der Waals surface area contributed by atoms with Crippen LogP contribution in [0.1, 0.15) is 22.0 Å². The third-order valence-electron chi connectivity index (χ3n) is 3.46. The molecule has 0 amide bonds. The molecule has 116 valence electrons. The van der Waals surface area contributed by atoms with Crippen LogP contribution in [-0.4, -0.2) is 10.4 Å². The predicted molar refractivity (Wildman–Crippen MR) is 76.8 cm³/mol. The number of carbonyl (C=O) groups excluding carboxylic acids is 1. The first-order chi connectivity index (χ1) is 10.1. The molecule has 2 aromatic heterocycles. The van der Waals surface area contributed by atoms with Crippen molar-refractivity contribution in [3.05, 3.63) is 52.5 Å². The van der Waals surface area contributed by atoms with E-state index in [4.69, 9.17) is 0 Å². The highest BCUT2D eigenvalue weighted by Crippen LogP contribution is 2.21. The van der Waals surface area contributed by atoms with Gasteiger partial charge in [0, 0.05) is 6.92 Å². The number of hydrogen-bond acceptors (Lipinski definition) is 2. The molecule has 0 N–H and O–H groups in total. The zero-order valence-corrected chi connectivity index (χ0v) is 14.1. The van der Waals surface area contributed by atoms with E-state index in [-0.39, 0.29) is 29.3 Å². The number of thiophene rings is 1. The van der Waals surface area contributed by atoms with Gasteiger partial charge in [-0.1, -0.05) is 18.2 Å². The summed E-state index contributed by atoms with van der Waals surface area (Å²) < 4.78 is 29.1. The SMILES string of the molecule is Cc1n(C(F)F)c2ccccc2[n+]1CC(=O)c1cccs1.[Br-]. The zero-order valence-electron chi connectivity index (χ0n) is 11.7. The lowest BCUT2D eigenvalue weighted by Gasteiger charge is -1.99. The summed E-state index contributed by atoms with van der Waals surface area (Å²) in [6.45, 7) is -0.964. The number of nitrogens with zero attached hydrogens (tertiary/aromatic N) is 2. The summed E-state index contributed by atoms with van der Waals surface area (Å²) in [6.07, 6.45) is 0. The summed E-state index contributed by atoms with van der Waals surface area (Å²) in [5, 5.41) is 1.83. The predicted octanol–water partition coefficient (Wildman–Crippen LogP) is 0.581. The van der Waals surface area contributed by atoms with Gasteiger partial charge in [-0.25, -0.2) is 4.57 Å². The van der Waals surface area contributed by atoms with Gasteiger partial charge in [-0.2, -0.15) is 13.3 Å². The van der Waals surface area contributed by atoms with Crippen LogP contribution in [0.3, 0.4) is 0 Å². The Hall–Kier alpha value is -1.60. The van der Waals surface area contributed by atoms with E-state index in [9.17, 15) is 13.6 Å². The average molecular weight is 387 g/mol.